The highest BCUT2D eigenvalue weighted by molar-refractivity contribution is 9.09. The van der Waals surface area contributed by atoms with E-state index < -0.39 is 0 Å². The van der Waals surface area contributed by atoms with Crippen molar-refractivity contribution in [2.24, 2.45) is 5.92 Å². The molecule has 2 atom stereocenters. The van der Waals surface area contributed by atoms with Crippen molar-refractivity contribution in [3.05, 3.63) is 65.5 Å². The van der Waals surface area contributed by atoms with Crippen molar-refractivity contribution in [1.82, 2.24) is 0 Å². The van der Waals surface area contributed by atoms with Crippen molar-refractivity contribution >= 4 is 15.9 Å². The van der Waals surface area contributed by atoms with E-state index in [4.69, 9.17) is 4.74 Å². The minimum Gasteiger partial charge on any atom is -0.494 e. The second kappa shape index (κ2) is 6.89. The van der Waals surface area contributed by atoms with Gasteiger partial charge in [-0.3, -0.25) is 0 Å². The van der Waals surface area contributed by atoms with E-state index in [0.29, 0.717) is 11.7 Å². The molecule has 0 fully saturated rings. The van der Waals surface area contributed by atoms with Gasteiger partial charge in [-0.25, -0.2) is 4.39 Å². The van der Waals surface area contributed by atoms with Gasteiger partial charge in [0.15, 0.2) is 11.6 Å². The molecular weight excluding hydrogens is 319 g/mol. The second-order valence-electron chi connectivity index (χ2n) is 4.96. The van der Waals surface area contributed by atoms with Crippen LogP contribution in [0.15, 0.2) is 48.5 Å². The summed E-state index contributed by atoms with van der Waals surface area (Å²) in [6.45, 7) is 2.16. The van der Waals surface area contributed by atoms with Gasteiger partial charge in [0.25, 0.3) is 0 Å². The van der Waals surface area contributed by atoms with Gasteiger partial charge in [0.05, 0.1) is 7.11 Å². The quantitative estimate of drug-likeness (QED) is 0.686. The number of benzene rings is 2. The largest absolute Gasteiger partial charge is 0.494 e. The Labute approximate surface area is 127 Å². The van der Waals surface area contributed by atoms with E-state index in [0.717, 1.165) is 12.0 Å². The maximum absolute atomic E-state index is 13.7. The highest BCUT2D eigenvalue weighted by Crippen LogP contribution is 2.33. The first-order valence-corrected chi connectivity index (χ1v) is 7.55. The lowest BCUT2D eigenvalue weighted by Gasteiger charge is -2.19. The van der Waals surface area contributed by atoms with Gasteiger partial charge in [0, 0.05) is 4.83 Å². The van der Waals surface area contributed by atoms with Crippen LogP contribution in [0, 0.1) is 11.7 Å². The molecule has 0 amide bonds. The highest BCUT2D eigenvalue weighted by Gasteiger charge is 2.17. The Morgan fingerprint density at radius 2 is 1.85 bits per heavy atom. The van der Waals surface area contributed by atoms with E-state index in [-0.39, 0.29) is 10.6 Å². The van der Waals surface area contributed by atoms with E-state index in [1.165, 1.54) is 12.7 Å². The number of alkyl halides is 1. The molecule has 2 aromatic carbocycles. The third-order valence-corrected chi connectivity index (χ3v) is 4.82. The summed E-state index contributed by atoms with van der Waals surface area (Å²) in [6.07, 6.45) is 0.811. The number of hydrogen-bond acceptors (Lipinski definition) is 1. The molecule has 106 valence electrons. The summed E-state index contributed by atoms with van der Waals surface area (Å²) in [7, 11) is 1.48. The van der Waals surface area contributed by atoms with Crippen LogP contribution in [0.3, 0.4) is 0 Å². The molecule has 0 N–H and O–H groups in total. The van der Waals surface area contributed by atoms with E-state index in [2.05, 4.69) is 35.0 Å². The summed E-state index contributed by atoms with van der Waals surface area (Å²) >= 11 is 3.74. The molecule has 0 saturated carbocycles. The zero-order valence-corrected chi connectivity index (χ0v) is 13.2. The van der Waals surface area contributed by atoms with E-state index in [1.807, 2.05) is 24.3 Å². The van der Waals surface area contributed by atoms with Gasteiger partial charge < -0.3 is 4.74 Å². The van der Waals surface area contributed by atoms with Crippen molar-refractivity contribution < 1.29 is 9.13 Å². The third kappa shape index (κ3) is 3.60. The summed E-state index contributed by atoms with van der Waals surface area (Å²) in [6, 6.07) is 15.4. The van der Waals surface area contributed by atoms with Crippen molar-refractivity contribution in [2.75, 3.05) is 7.11 Å². The molecule has 0 radical (unpaired) electrons. The smallest absolute Gasteiger partial charge is 0.165 e. The molecule has 0 aliphatic carbocycles. The summed E-state index contributed by atoms with van der Waals surface area (Å²) in [5, 5.41) is 0. The molecule has 0 bridgehead atoms. The minimum absolute atomic E-state index is 0.258. The second-order valence-corrected chi connectivity index (χ2v) is 5.95. The topological polar surface area (TPSA) is 9.23 Å². The van der Waals surface area contributed by atoms with Gasteiger partial charge in [-0.1, -0.05) is 59.3 Å². The first-order chi connectivity index (χ1) is 9.61. The van der Waals surface area contributed by atoms with Crippen LogP contribution in [0.4, 0.5) is 4.39 Å². The van der Waals surface area contributed by atoms with Crippen LogP contribution in [0.1, 0.15) is 22.9 Å². The molecule has 1 nitrogen and oxygen atoms in total. The van der Waals surface area contributed by atoms with Crippen molar-refractivity contribution in [2.45, 2.75) is 18.2 Å². The normalized spacial score (nSPS) is 13.8. The molecule has 20 heavy (non-hydrogen) atoms. The first kappa shape index (κ1) is 15.0. The molecule has 0 saturated heterocycles. The predicted octanol–water partition coefficient (Wildman–Crippen LogP) is 5.15. The van der Waals surface area contributed by atoms with Crippen LogP contribution in [0.25, 0.3) is 0 Å². The maximum Gasteiger partial charge on any atom is 0.165 e. The molecule has 0 aliphatic heterocycles. The lowest BCUT2D eigenvalue weighted by atomic mass is 9.94. The molecule has 2 rings (SSSR count). The van der Waals surface area contributed by atoms with E-state index in [9.17, 15) is 4.39 Å². The summed E-state index contributed by atoms with van der Waals surface area (Å²) in [4.78, 5) is 0.258. The molecule has 0 heterocycles. The van der Waals surface area contributed by atoms with Gasteiger partial charge in [0.2, 0.25) is 0 Å². The Bertz CT molecular complexity index is 556. The minimum atomic E-state index is -0.303. The molecule has 0 aliphatic rings. The molecular formula is C17H18BrFO. The highest BCUT2D eigenvalue weighted by atomic mass is 79.9. The third-order valence-electron chi connectivity index (χ3n) is 3.39. The number of hydrogen-bond donors (Lipinski definition) is 0. The van der Waals surface area contributed by atoms with Crippen molar-refractivity contribution in [3.63, 3.8) is 0 Å². The molecule has 0 aromatic heterocycles. The lowest BCUT2D eigenvalue weighted by Crippen LogP contribution is -2.07. The van der Waals surface area contributed by atoms with Crippen LogP contribution in [-0.4, -0.2) is 7.11 Å². The van der Waals surface area contributed by atoms with E-state index in [1.54, 1.807) is 12.1 Å². The SMILES string of the molecule is COc1ccc(CC(C)C(Br)c2ccccc2)cc1F. The standard InChI is InChI=1S/C17H18BrFO/c1-12(17(18)14-6-4-3-5-7-14)10-13-8-9-16(20-2)15(19)11-13/h3-9,11-12,17H,10H2,1-2H3. The van der Waals surface area contributed by atoms with E-state index >= 15 is 0 Å². The fourth-order valence-electron chi connectivity index (χ4n) is 2.28. The number of rotatable bonds is 5. The Balaban J connectivity index is 2.08. The molecule has 3 heteroatoms. The van der Waals surface area contributed by atoms with Gasteiger partial charge in [-0.15, -0.1) is 0 Å². The van der Waals surface area contributed by atoms with Crippen LogP contribution in [-0.2, 0) is 6.42 Å². The zero-order valence-electron chi connectivity index (χ0n) is 11.6. The van der Waals surface area contributed by atoms with Crippen LogP contribution in [0.2, 0.25) is 0 Å². The lowest BCUT2D eigenvalue weighted by molar-refractivity contribution is 0.386. The number of halogens is 2. The van der Waals surface area contributed by atoms with Gasteiger partial charge in [-0.2, -0.15) is 0 Å². The number of methoxy groups -OCH3 is 1. The fraction of sp³-hybridized carbons (Fsp3) is 0.294. The van der Waals surface area contributed by atoms with Crippen LogP contribution >= 0.6 is 15.9 Å². The fourth-order valence-corrected chi connectivity index (χ4v) is 2.77. The summed E-state index contributed by atoms with van der Waals surface area (Å²) in [5.74, 6) is 0.355. The Morgan fingerprint density at radius 3 is 2.45 bits per heavy atom. The molecule has 0 spiro atoms. The Hall–Kier alpha value is -1.35. The zero-order chi connectivity index (χ0) is 14.5. The van der Waals surface area contributed by atoms with Gasteiger partial charge in [-0.05, 0) is 35.6 Å². The van der Waals surface area contributed by atoms with Gasteiger partial charge in [0.1, 0.15) is 0 Å². The maximum atomic E-state index is 13.7. The summed E-state index contributed by atoms with van der Waals surface area (Å²) in [5.41, 5.74) is 2.23. The Kier molecular flexibility index (Phi) is 5.18. The average molecular weight is 337 g/mol. The van der Waals surface area contributed by atoms with Crippen LogP contribution in [0.5, 0.6) is 5.75 Å². The van der Waals surface area contributed by atoms with Crippen molar-refractivity contribution in [3.8, 4) is 5.75 Å². The number of ether oxygens (including phenoxy) is 1. The Morgan fingerprint density at radius 1 is 1.15 bits per heavy atom. The van der Waals surface area contributed by atoms with Gasteiger partial charge >= 0.3 is 0 Å². The summed E-state index contributed by atoms with van der Waals surface area (Å²) < 4.78 is 18.6. The van der Waals surface area contributed by atoms with Crippen molar-refractivity contribution in [1.29, 1.82) is 0 Å². The molecule has 2 aromatic rings. The average Bonchev–Trinajstić information content (AvgIpc) is 2.47. The molecule has 2 unspecified atom stereocenters. The monoisotopic (exact) mass is 336 g/mol. The van der Waals surface area contributed by atoms with Crippen LogP contribution < -0.4 is 4.74 Å². The predicted molar refractivity (Wildman–Crippen MR) is 83.9 cm³/mol. The first-order valence-electron chi connectivity index (χ1n) is 6.63.